The molecule has 1 aliphatic heterocycles. The van der Waals surface area contributed by atoms with Gasteiger partial charge in [-0.1, -0.05) is 42.5 Å². The van der Waals surface area contributed by atoms with E-state index in [0.29, 0.717) is 5.56 Å². The Hall–Kier alpha value is -4.30. The summed E-state index contributed by atoms with van der Waals surface area (Å²) in [7, 11) is 0. The number of phenolic OH excluding ortho intramolecular Hbond substituents is 3. The van der Waals surface area contributed by atoms with Crippen LogP contribution in [0, 0.1) is 0 Å². The lowest BCUT2D eigenvalue weighted by molar-refractivity contribution is -0.174. The highest BCUT2D eigenvalue weighted by Crippen LogP contribution is 2.62. The van der Waals surface area contributed by atoms with Gasteiger partial charge in [0.2, 0.25) is 5.54 Å². The molecule has 1 heterocycles. The second-order valence-corrected chi connectivity index (χ2v) is 8.80. The van der Waals surface area contributed by atoms with Crippen molar-refractivity contribution in [3.63, 3.8) is 0 Å². The molecule has 1 unspecified atom stereocenters. The second-order valence-electron chi connectivity index (χ2n) is 8.48. The summed E-state index contributed by atoms with van der Waals surface area (Å²) in [5.74, 6) is -0.365. The Balaban J connectivity index is 1.96. The average molecular weight is 525 g/mol. The van der Waals surface area contributed by atoms with Gasteiger partial charge in [0, 0.05) is 22.9 Å². The summed E-state index contributed by atoms with van der Waals surface area (Å²) >= 11 is 6.84. The number of anilines is 1. The van der Waals surface area contributed by atoms with Crippen molar-refractivity contribution < 1.29 is 28.5 Å². The van der Waals surface area contributed by atoms with E-state index in [2.05, 4.69) is 0 Å². The summed E-state index contributed by atoms with van der Waals surface area (Å²) in [6.45, 7) is 0. The Morgan fingerprint density at radius 1 is 0.622 bits per heavy atom. The smallest absolute Gasteiger partial charge is 0.422 e. The fourth-order valence-electron chi connectivity index (χ4n) is 4.70. The molecule has 0 aromatic heterocycles. The molecule has 0 amide bonds. The van der Waals surface area contributed by atoms with Gasteiger partial charge in [-0.3, -0.25) is 0 Å². The maximum Gasteiger partial charge on any atom is 0.422 e. The molecule has 0 bridgehead atoms. The fraction of sp³-hybridized carbons (Fsp3) is 0.0714. The standard InChI is InChI=1S/C28H20ClF3N2O3/c29-34-26(19-8-14-23(36)15-9-19)25(18-6-12-22(35)13-7-18)27(28(30,31)32,20-10-16-24(37)17-11-20)33(34)21-4-2-1-3-5-21/h1-17,35-37H. The van der Waals surface area contributed by atoms with Gasteiger partial charge in [-0.05, 0) is 71.8 Å². The zero-order chi connectivity index (χ0) is 26.4. The topological polar surface area (TPSA) is 67.2 Å². The Labute approximate surface area is 215 Å². The first-order chi connectivity index (χ1) is 17.6. The van der Waals surface area contributed by atoms with Crippen LogP contribution in [0.5, 0.6) is 17.2 Å². The minimum Gasteiger partial charge on any atom is -0.508 e. The summed E-state index contributed by atoms with van der Waals surface area (Å²) in [6.07, 6.45) is -4.95. The van der Waals surface area contributed by atoms with E-state index in [1.54, 1.807) is 18.2 Å². The molecule has 9 heteroatoms. The van der Waals surface area contributed by atoms with Gasteiger partial charge in [-0.15, -0.1) is 0 Å². The lowest BCUT2D eigenvalue weighted by atomic mass is 9.77. The van der Waals surface area contributed by atoms with Crippen molar-refractivity contribution in [2.45, 2.75) is 11.7 Å². The van der Waals surface area contributed by atoms with Crippen LogP contribution < -0.4 is 5.01 Å². The van der Waals surface area contributed by atoms with Gasteiger partial charge < -0.3 is 15.3 Å². The number of phenols is 3. The normalized spacial score (nSPS) is 17.9. The van der Waals surface area contributed by atoms with E-state index in [-0.39, 0.29) is 45.3 Å². The van der Waals surface area contributed by atoms with Crippen molar-refractivity contribution in [2.75, 3.05) is 5.01 Å². The van der Waals surface area contributed by atoms with E-state index in [9.17, 15) is 15.3 Å². The first-order valence-corrected chi connectivity index (χ1v) is 11.5. The predicted octanol–water partition coefficient (Wildman–Crippen LogP) is 7.02. The van der Waals surface area contributed by atoms with Crippen LogP contribution >= 0.6 is 11.8 Å². The molecule has 1 aliphatic rings. The van der Waals surface area contributed by atoms with Crippen LogP contribution in [0.3, 0.4) is 0 Å². The van der Waals surface area contributed by atoms with Crippen molar-refractivity contribution in [1.29, 1.82) is 0 Å². The van der Waals surface area contributed by atoms with Gasteiger partial charge in [0.05, 0.1) is 11.4 Å². The highest BCUT2D eigenvalue weighted by Gasteiger charge is 2.68. The van der Waals surface area contributed by atoms with Crippen molar-refractivity contribution in [1.82, 2.24) is 4.53 Å². The van der Waals surface area contributed by atoms with E-state index in [0.717, 1.165) is 9.54 Å². The molecule has 4 aromatic carbocycles. The van der Waals surface area contributed by atoms with Crippen molar-refractivity contribution in [3.05, 3.63) is 120 Å². The minimum atomic E-state index is -4.95. The number of rotatable bonds is 4. The number of hydrazine groups is 1. The van der Waals surface area contributed by atoms with E-state index < -0.39 is 11.7 Å². The van der Waals surface area contributed by atoms with Crippen molar-refractivity contribution in [3.8, 4) is 17.2 Å². The maximum absolute atomic E-state index is 15.8. The molecule has 0 radical (unpaired) electrons. The number of para-hydroxylation sites is 1. The van der Waals surface area contributed by atoms with Crippen LogP contribution in [0.25, 0.3) is 11.3 Å². The molecule has 0 saturated heterocycles. The predicted molar refractivity (Wildman–Crippen MR) is 135 cm³/mol. The van der Waals surface area contributed by atoms with Crippen LogP contribution in [0.4, 0.5) is 18.9 Å². The maximum atomic E-state index is 15.8. The monoisotopic (exact) mass is 524 g/mol. The number of halogens is 4. The summed E-state index contributed by atoms with van der Waals surface area (Å²) in [5, 5.41) is 30.6. The molecule has 0 saturated carbocycles. The number of aromatic hydroxyl groups is 3. The summed E-state index contributed by atoms with van der Waals surface area (Å²) < 4.78 is 48.2. The molecule has 5 rings (SSSR count). The van der Waals surface area contributed by atoms with Crippen molar-refractivity contribution in [2.24, 2.45) is 0 Å². The SMILES string of the molecule is Oc1ccc(C2=C(c3ccc(O)cc3)C(c3ccc(O)cc3)(C(F)(F)F)N(c3ccccc3)N2Cl)cc1. The molecular weight excluding hydrogens is 505 g/mol. The third kappa shape index (κ3) is 3.90. The zero-order valence-electron chi connectivity index (χ0n) is 19.1. The van der Waals surface area contributed by atoms with E-state index in [1.165, 1.54) is 84.9 Å². The highest BCUT2D eigenvalue weighted by molar-refractivity contribution is 6.23. The van der Waals surface area contributed by atoms with Crippen LogP contribution in [0.2, 0.25) is 0 Å². The summed E-state index contributed by atoms with van der Waals surface area (Å²) in [6, 6.07) is 23.8. The van der Waals surface area contributed by atoms with Gasteiger partial charge >= 0.3 is 6.18 Å². The number of benzene rings is 4. The van der Waals surface area contributed by atoms with Crippen LogP contribution in [-0.2, 0) is 5.54 Å². The summed E-state index contributed by atoms with van der Waals surface area (Å²) in [5.41, 5.74) is -2.57. The van der Waals surface area contributed by atoms with E-state index in [4.69, 9.17) is 11.8 Å². The van der Waals surface area contributed by atoms with Crippen LogP contribution in [0.1, 0.15) is 16.7 Å². The van der Waals surface area contributed by atoms with Gasteiger partial charge in [-0.2, -0.15) is 17.7 Å². The highest BCUT2D eigenvalue weighted by atomic mass is 35.5. The van der Waals surface area contributed by atoms with Gasteiger partial charge in [-0.25, -0.2) is 5.01 Å². The molecule has 188 valence electrons. The molecule has 3 N–H and O–H groups in total. The Morgan fingerprint density at radius 3 is 1.57 bits per heavy atom. The Morgan fingerprint density at radius 2 is 1.08 bits per heavy atom. The number of nitrogens with zero attached hydrogens (tertiary/aromatic N) is 2. The molecule has 5 nitrogen and oxygen atoms in total. The first kappa shape index (κ1) is 24.4. The molecule has 0 spiro atoms. The Kier molecular flexibility index (Phi) is 5.92. The quantitative estimate of drug-likeness (QED) is 0.250. The lowest BCUT2D eigenvalue weighted by Gasteiger charge is -2.44. The summed E-state index contributed by atoms with van der Waals surface area (Å²) in [4.78, 5) is 0. The van der Waals surface area contributed by atoms with E-state index in [1.807, 2.05) is 0 Å². The van der Waals surface area contributed by atoms with Crippen LogP contribution in [0.15, 0.2) is 103 Å². The average Bonchev–Trinajstić information content (AvgIpc) is 3.16. The largest absolute Gasteiger partial charge is 0.508 e. The molecular formula is C28H20ClF3N2O3. The van der Waals surface area contributed by atoms with E-state index >= 15 is 13.2 Å². The number of hydrogen-bond donors (Lipinski definition) is 3. The molecule has 1 atom stereocenters. The molecule has 0 aliphatic carbocycles. The first-order valence-electron chi connectivity index (χ1n) is 11.2. The molecule has 37 heavy (non-hydrogen) atoms. The lowest BCUT2D eigenvalue weighted by Crippen LogP contribution is -2.56. The van der Waals surface area contributed by atoms with Gasteiger partial charge in [0.1, 0.15) is 17.2 Å². The van der Waals surface area contributed by atoms with Crippen molar-refractivity contribution >= 4 is 28.7 Å². The second kappa shape index (κ2) is 8.97. The Bertz CT molecular complexity index is 1440. The fourth-order valence-corrected chi connectivity index (χ4v) is 5.09. The third-order valence-corrected chi connectivity index (χ3v) is 6.59. The minimum absolute atomic E-state index is 0.0293. The molecule has 0 fully saturated rings. The van der Waals surface area contributed by atoms with Gasteiger partial charge in [0.15, 0.2) is 0 Å². The number of alkyl halides is 3. The zero-order valence-corrected chi connectivity index (χ0v) is 19.8. The van der Waals surface area contributed by atoms with Crippen LogP contribution in [-0.4, -0.2) is 26.0 Å². The molecule has 4 aromatic rings. The van der Waals surface area contributed by atoms with Gasteiger partial charge in [0.25, 0.3) is 0 Å². The third-order valence-electron chi connectivity index (χ3n) is 6.27. The number of hydrogen-bond acceptors (Lipinski definition) is 5.